The van der Waals surface area contributed by atoms with Crippen molar-refractivity contribution in [1.29, 1.82) is 0 Å². The van der Waals surface area contributed by atoms with Gasteiger partial charge in [-0.15, -0.1) is 0 Å². The van der Waals surface area contributed by atoms with Gasteiger partial charge >= 0.3 is 0 Å². The van der Waals surface area contributed by atoms with Crippen LogP contribution in [0.25, 0.3) is 0 Å². The molecule has 0 bridgehead atoms. The molecule has 1 nitrogen and oxygen atoms in total. The van der Waals surface area contributed by atoms with E-state index in [9.17, 15) is 0 Å². The molecule has 62 valence electrons. The SMILES string of the molecule is CC(C)SCCCN(C)C. The molecule has 0 saturated heterocycles. The minimum Gasteiger partial charge on any atom is -0.309 e. The zero-order chi connectivity index (χ0) is 7.98. The van der Waals surface area contributed by atoms with Crippen LogP contribution in [-0.2, 0) is 0 Å². The van der Waals surface area contributed by atoms with Crippen molar-refractivity contribution in [2.45, 2.75) is 25.5 Å². The van der Waals surface area contributed by atoms with Gasteiger partial charge in [0.15, 0.2) is 0 Å². The molecule has 2 heteroatoms. The van der Waals surface area contributed by atoms with Crippen LogP contribution >= 0.6 is 11.8 Å². The Bertz CT molecular complexity index is 61.7. The number of rotatable bonds is 5. The van der Waals surface area contributed by atoms with E-state index in [-0.39, 0.29) is 0 Å². The van der Waals surface area contributed by atoms with Gasteiger partial charge in [-0.3, -0.25) is 0 Å². The van der Waals surface area contributed by atoms with E-state index in [1.165, 1.54) is 18.7 Å². The highest BCUT2D eigenvalue weighted by Gasteiger charge is 1.94. The normalized spacial score (nSPS) is 11.4. The molecule has 0 atom stereocenters. The maximum Gasteiger partial charge on any atom is -0.000968 e. The third-order valence-electron chi connectivity index (χ3n) is 1.20. The second-order valence-corrected chi connectivity index (χ2v) is 4.76. The summed E-state index contributed by atoms with van der Waals surface area (Å²) in [4.78, 5) is 2.24. The van der Waals surface area contributed by atoms with Crippen molar-refractivity contribution < 1.29 is 0 Å². The first kappa shape index (κ1) is 10.3. The van der Waals surface area contributed by atoms with Crippen LogP contribution in [0.2, 0.25) is 0 Å². The highest BCUT2D eigenvalue weighted by atomic mass is 32.2. The van der Waals surface area contributed by atoms with Gasteiger partial charge in [-0.2, -0.15) is 11.8 Å². The van der Waals surface area contributed by atoms with Gasteiger partial charge in [0, 0.05) is 0 Å². The summed E-state index contributed by atoms with van der Waals surface area (Å²) in [5, 5.41) is 0.794. The molecule has 0 aliphatic heterocycles. The summed E-state index contributed by atoms with van der Waals surface area (Å²) in [6.07, 6.45) is 1.32. The molecule has 0 radical (unpaired) electrons. The van der Waals surface area contributed by atoms with E-state index in [1.807, 2.05) is 11.8 Å². The Labute approximate surface area is 69.2 Å². The molecule has 0 aromatic carbocycles. The van der Waals surface area contributed by atoms with E-state index in [0.29, 0.717) is 0 Å². The predicted octanol–water partition coefficient (Wildman–Crippen LogP) is 2.08. The molecule has 0 rings (SSSR count). The fourth-order valence-electron chi connectivity index (χ4n) is 0.700. The number of hydrogen-bond acceptors (Lipinski definition) is 2. The molecule has 0 spiro atoms. The Hall–Kier alpha value is 0.310. The lowest BCUT2D eigenvalue weighted by molar-refractivity contribution is 0.410. The van der Waals surface area contributed by atoms with Crippen LogP contribution in [0.1, 0.15) is 20.3 Å². The number of nitrogens with zero attached hydrogens (tertiary/aromatic N) is 1. The zero-order valence-corrected chi connectivity index (χ0v) is 8.37. The van der Waals surface area contributed by atoms with Crippen molar-refractivity contribution in [2.24, 2.45) is 0 Å². The van der Waals surface area contributed by atoms with Gasteiger partial charge in [0.2, 0.25) is 0 Å². The van der Waals surface area contributed by atoms with Crippen molar-refractivity contribution >= 4 is 11.8 Å². The van der Waals surface area contributed by atoms with Crippen molar-refractivity contribution in [3.05, 3.63) is 0 Å². The lowest BCUT2D eigenvalue weighted by Crippen LogP contribution is -2.13. The van der Waals surface area contributed by atoms with Gasteiger partial charge in [-0.25, -0.2) is 0 Å². The molecule has 0 aliphatic rings. The van der Waals surface area contributed by atoms with E-state index < -0.39 is 0 Å². The Kier molecular flexibility index (Phi) is 6.24. The van der Waals surface area contributed by atoms with Crippen LogP contribution in [0, 0.1) is 0 Å². The standard InChI is InChI=1S/C8H19NS/c1-8(2)10-7-5-6-9(3)4/h8H,5-7H2,1-4H3. The minimum atomic E-state index is 0.794. The van der Waals surface area contributed by atoms with Gasteiger partial charge in [-0.05, 0) is 38.1 Å². The molecule has 0 aromatic rings. The average Bonchev–Trinajstić information content (AvgIpc) is 1.79. The van der Waals surface area contributed by atoms with E-state index in [2.05, 4.69) is 32.8 Å². The molecule has 10 heavy (non-hydrogen) atoms. The van der Waals surface area contributed by atoms with Gasteiger partial charge < -0.3 is 4.90 Å². The largest absolute Gasteiger partial charge is 0.309 e. The van der Waals surface area contributed by atoms with Crippen molar-refractivity contribution in [3.8, 4) is 0 Å². The van der Waals surface area contributed by atoms with Gasteiger partial charge in [0.25, 0.3) is 0 Å². The second-order valence-electron chi connectivity index (χ2n) is 3.08. The molecule has 0 fully saturated rings. The number of thioether (sulfide) groups is 1. The monoisotopic (exact) mass is 161 g/mol. The topological polar surface area (TPSA) is 3.24 Å². The van der Waals surface area contributed by atoms with Gasteiger partial charge in [-0.1, -0.05) is 13.8 Å². The van der Waals surface area contributed by atoms with Gasteiger partial charge in [0.1, 0.15) is 0 Å². The molecule has 0 saturated carbocycles. The first-order valence-corrected chi connectivity index (χ1v) is 4.94. The molecule has 0 amide bonds. The van der Waals surface area contributed by atoms with E-state index in [4.69, 9.17) is 0 Å². The Morgan fingerprint density at radius 2 is 1.90 bits per heavy atom. The summed E-state index contributed by atoms with van der Waals surface area (Å²) >= 11 is 2.05. The van der Waals surface area contributed by atoms with Crippen molar-refractivity contribution in [1.82, 2.24) is 4.90 Å². The van der Waals surface area contributed by atoms with Crippen molar-refractivity contribution in [2.75, 3.05) is 26.4 Å². The summed E-state index contributed by atoms with van der Waals surface area (Å²) in [7, 11) is 4.25. The molecule has 0 aliphatic carbocycles. The maximum atomic E-state index is 2.25. The summed E-state index contributed by atoms with van der Waals surface area (Å²) < 4.78 is 0. The molecule has 0 unspecified atom stereocenters. The van der Waals surface area contributed by atoms with E-state index in [1.54, 1.807) is 0 Å². The van der Waals surface area contributed by atoms with Crippen molar-refractivity contribution in [3.63, 3.8) is 0 Å². The molecule has 0 N–H and O–H groups in total. The molecular formula is C8H19NS. The van der Waals surface area contributed by atoms with E-state index in [0.717, 1.165) is 5.25 Å². The summed E-state index contributed by atoms with van der Waals surface area (Å²) in [5.41, 5.74) is 0. The smallest absolute Gasteiger partial charge is 0.000968 e. The van der Waals surface area contributed by atoms with E-state index >= 15 is 0 Å². The Morgan fingerprint density at radius 1 is 1.30 bits per heavy atom. The minimum absolute atomic E-state index is 0.794. The fraction of sp³-hybridized carbons (Fsp3) is 1.00. The Morgan fingerprint density at radius 3 is 2.30 bits per heavy atom. The van der Waals surface area contributed by atoms with Gasteiger partial charge in [0.05, 0.1) is 0 Å². The fourth-order valence-corrected chi connectivity index (χ4v) is 1.47. The highest BCUT2D eigenvalue weighted by molar-refractivity contribution is 7.99. The quantitative estimate of drug-likeness (QED) is 0.568. The lowest BCUT2D eigenvalue weighted by atomic mass is 10.5. The second kappa shape index (κ2) is 6.05. The Balaban J connectivity index is 2.91. The van der Waals surface area contributed by atoms with Crippen LogP contribution in [0.4, 0.5) is 0 Å². The molecule has 0 aromatic heterocycles. The predicted molar refractivity (Wildman–Crippen MR) is 50.8 cm³/mol. The summed E-state index contributed by atoms with van der Waals surface area (Å²) in [6, 6.07) is 0. The van der Waals surface area contributed by atoms with Crippen LogP contribution in [0.15, 0.2) is 0 Å². The summed E-state index contributed by atoms with van der Waals surface area (Å²) in [6.45, 7) is 5.72. The average molecular weight is 161 g/mol. The lowest BCUT2D eigenvalue weighted by Gasteiger charge is -2.09. The number of hydrogen-bond donors (Lipinski definition) is 0. The molecular weight excluding hydrogens is 142 g/mol. The first-order valence-electron chi connectivity index (χ1n) is 3.89. The van der Waals surface area contributed by atoms with Crippen LogP contribution < -0.4 is 0 Å². The van der Waals surface area contributed by atoms with Crippen LogP contribution in [0.3, 0.4) is 0 Å². The zero-order valence-electron chi connectivity index (χ0n) is 7.55. The van der Waals surface area contributed by atoms with Crippen LogP contribution in [-0.4, -0.2) is 36.5 Å². The highest BCUT2D eigenvalue weighted by Crippen LogP contribution is 2.09. The third-order valence-corrected chi connectivity index (χ3v) is 2.39. The summed E-state index contributed by atoms with van der Waals surface area (Å²) in [5.74, 6) is 1.30. The first-order chi connectivity index (χ1) is 4.63. The molecule has 0 heterocycles. The van der Waals surface area contributed by atoms with Crippen LogP contribution in [0.5, 0.6) is 0 Å². The maximum absolute atomic E-state index is 2.25. The third kappa shape index (κ3) is 8.31.